The van der Waals surface area contributed by atoms with Crippen molar-refractivity contribution < 1.29 is 9.90 Å². The van der Waals surface area contributed by atoms with Gasteiger partial charge in [0.15, 0.2) is 0 Å². The lowest BCUT2D eigenvalue weighted by Gasteiger charge is -2.13. The number of benzene rings is 1. The fourth-order valence-electron chi connectivity index (χ4n) is 1.92. The highest BCUT2D eigenvalue weighted by Gasteiger charge is 2.06. The second-order valence-electron chi connectivity index (χ2n) is 5.48. The van der Waals surface area contributed by atoms with Crippen LogP contribution in [-0.2, 0) is 11.2 Å². The van der Waals surface area contributed by atoms with Crippen molar-refractivity contribution in [3.05, 3.63) is 29.8 Å². The zero-order chi connectivity index (χ0) is 15.0. The van der Waals surface area contributed by atoms with Gasteiger partial charge in [-0.15, -0.1) is 0 Å². The number of aryl methyl sites for hydroxylation is 1. The van der Waals surface area contributed by atoms with Gasteiger partial charge < -0.3 is 15.3 Å². The van der Waals surface area contributed by atoms with Crippen molar-refractivity contribution in [1.82, 2.24) is 5.32 Å². The zero-order valence-corrected chi connectivity index (χ0v) is 12.7. The average molecular weight is 278 g/mol. The molecular weight excluding hydrogens is 252 g/mol. The normalized spacial score (nSPS) is 12.0. The van der Waals surface area contributed by atoms with Gasteiger partial charge in [0.2, 0.25) is 5.91 Å². The molecule has 1 amide bonds. The van der Waals surface area contributed by atoms with E-state index in [-0.39, 0.29) is 12.5 Å². The lowest BCUT2D eigenvalue weighted by Crippen LogP contribution is -2.28. The fraction of sp³-hybridized carbons (Fsp3) is 0.562. The minimum absolute atomic E-state index is 0.0754. The number of carbonyl (C=O) groups excluding carboxylic acids is 1. The summed E-state index contributed by atoms with van der Waals surface area (Å²) in [5.74, 6) is 0.398. The van der Waals surface area contributed by atoms with Crippen molar-refractivity contribution in [3.8, 4) is 0 Å². The van der Waals surface area contributed by atoms with E-state index in [1.54, 1.807) is 0 Å². The Labute approximate surface area is 121 Å². The number of aliphatic hydroxyl groups excluding tert-OH is 1. The Hall–Kier alpha value is -1.55. The maximum absolute atomic E-state index is 11.7. The standard InChI is InChI=1S/C16H26N2O2/c1-13(10-11-19)12-17-16(20)9-6-14-4-7-15(8-5-14)18(2)3/h4-5,7-8,13,19H,6,9-12H2,1-3H3,(H,17,20). The molecule has 1 aromatic rings. The maximum atomic E-state index is 11.7. The zero-order valence-electron chi connectivity index (χ0n) is 12.7. The Bertz CT molecular complexity index is 401. The number of hydrogen-bond acceptors (Lipinski definition) is 3. The first-order valence-electron chi connectivity index (χ1n) is 7.16. The van der Waals surface area contributed by atoms with Gasteiger partial charge in [0.05, 0.1) is 0 Å². The topological polar surface area (TPSA) is 52.6 Å². The van der Waals surface area contributed by atoms with Crippen molar-refractivity contribution in [2.24, 2.45) is 5.92 Å². The van der Waals surface area contributed by atoms with E-state index in [1.807, 2.05) is 21.0 Å². The molecule has 1 unspecified atom stereocenters. The van der Waals surface area contributed by atoms with Crippen LogP contribution in [-0.4, -0.2) is 38.3 Å². The summed E-state index contributed by atoms with van der Waals surface area (Å²) in [6.45, 7) is 2.84. The van der Waals surface area contributed by atoms with E-state index < -0.39 is 0 Å². The van der Waals surface area contributed by atoms with Gasteiger partial charge in [0.1, 0.15) is 0 Å². The molecule has 4 heteroatoms. The number of anilines is 1. The third-order valence-electron chi connectivity index (χ3n) is 3.36. The molecule has 0 spiro atoms. The predicted octanol–water partition coefficient (Wildman–Crippen LogP) is 1.82. The van der Waals surface area contributed by atoms with Gasteiger partial charge in [0.25, 0.3) is 0 Å². The van der Waals surface area contributed by atoms with Crippen LogP contribution in [0.25, 0.3) is 0 Å². The molecule has 0 aliphatic rings. The number of nitrogens with zero attached hydrogens (tertiary/aromatic N) is 1. The Morgan fingerprint density at radius 3 is 2.50 bits per heavy atom. The number of amides is 1. The van der Waals surface area contributed by atoms with Gasteiger partial charge in [0, 0.05) is 39.4 Å². The summed E-state index contributed by atoms with van der Waals surface area (Å²) in [5, 5.41) is 11.7. The molecule has 1 atom stereocenters. The van der Waals surface area contributed by atoms with Crippen LogP contribution in [0.5, 0.6) is 0 Å². The average Bonchev–Trinajstić information content (AvgIpc) is 2.43. The molecule has 1 aromatic carbocycles. The highest BCUT2D eigenvalue weighted by molar-refractivity contribution is 5.76. The van der Waals surface area contributed by atoms with E-state index in [4.69, 9.17) is 5.11 Å². The molecule has 0 fully saturated rings. The van der Waals surface area contributed by atoms with Crippen LogP contribution in [0.1, 0.15) is 25.3 Å². The molecule has 0 aliphatic carbocycles. The summed E-state index contributed by atoms with van der Waals surface area (Å²) >= 11 is 0. The van der Waals surface area contributed by atoms with Gasteiger partial charge >= 0.3 is 0 Å². The van der Waals surface area contributed by atoms with Crippen molar-refractivity contribution in [2.45, 2.75) is 26.2 Å². The van der Waals surface area contributed by atoms with Crippen molar-refractivity contribution in [3.63, 3.8) is 0 Å². The highest BCUT2D eigenvalue weighted by atomic mass is 16.3. The SMILES string of the molecule is CC(CCO)CNC(=O)CCc1ccc(N(C)C)cc1. The summed E-state index contributed by atoms with van der Waals surface area (Å²) in [6, 6.07) is 8.26. The Balaban J connectivity index is 2.30. The minimum Gasteiger partial charge on any atom is -0.396 e. The van der Waals surface area contributed by atoms with E-state index >= 15 is 0 Å². The Morgan fingerprint density at radius 2 is 1.95 bits per heavy atom. The van der Waals surface area contributed by atoms with Gasteiger partial charge in [-0.3, -0.25) is 4.79 Å². The third-order valence-corrected chi connectivity index (χ3v) is 3.36. The first-order chi connectivity index (χ1) is 9.52. The Morgan fingerprint density at radius 1 is 1.30 bits per heavy atom. The van der Waals surface area contributed by atoms with Crippen LogP contribution >= 0.6 is 0 Å². The molecule has 2 N–H and O–H groups in total. The summed E-state index contributed by atoms with van der Waals surface area (Å²) in [4.78, 5) is 13.8. The van der Waals surface area contributed by atoms with Gasteiger partial charge in [-0.2, -0.15) is 0 Å². The van der Waals surface area contributed by atoms with E-state index in [2.05, 4.69) is 34.5 Å². The first kappa shape index (κ1) is 16.5. The lowest BCUT2D eigenvalue weighted by atomic mass is 10.1. The number of rotatable bonds is 8. The fourth-order valence-corrected chi connectivity index (χ4v) is 1.92. The molecule has 0 aliphatic heterocycles. The van der Waals surface area contributed by atoms with E-state index in [9.17, 15) is 4.79 Å². The van der Waals surface area contributed by atoms with Crippen molar-refractivity contribution in [2.75, 3.05) is 32.1 Å². The molecule has 0 saturated carbocycles. The van der Waals surface area contributed by atoms with Crippen LogP contribution in [0.2, 0.25) is 0 Å². The van der Waals surface area contributed by atoms with E-state index in [1.165, 1.54) is 5.56 Å². The van der Waals surface area contributed by atoms with Crippen LogP contribution in [0.3, 0.4) is 0 Å². The van der Waals surface area contributed by atoms with Crippen LogP contribution in [0.15, 0.2) is 24.3 Å². The summed E-state index contributed by atoms with van der Waals surface area (Å²) < 4.78 is 0. The molecule has 20 heavy (non-hydrogen) atoms. The lowest BCUT2D eigenvalue weighted by molar-refractivity contribution is -0.121. The second kappa shape index (κ2) is 8.59. The number of aliphatic hydroxyl groups is 1. The smallest absolute Gasteiger partial charge is 0.220 e. The second-order valence-corrected chi connectivity index (χ2v) is 5.48. The third kappa shape index (κ3) is 6.06. The largest absolute Gasteiger partial charge is 0.396 e. The minimum atomic E-state index is 0.0754. The summed E-state index contributed by atoms with van der Waals surface area (Å²) in [6.07, 6.45) is 1.99. The van der Waals surface area contributed by atoms with Crippen LogP contribution in [0, 0.1) is 5.92 Å². The molecular formula is C16H26N2O2. The van der Waals surface area contributed by atoms with Crippen LogP contribution < -0.4 is 10.2 Å². The molecule has 0 aromatic heterocycles. The number of nitrogens with one attached hydrogen (secondary N) is 1. The van der Waals surface area contributed by atoms with E-state index in [0.717, 1.165) is 18.5 Å². The number of hydrogen-bond donors (Lipinski definition) is 2. The molecule has 0 saturated heterocycles. The predicted molar refractivity (Wildman–Crippen MR) is 83.0 cm³/mol. The van der Waals surface area contributed by atoms with Gasteiger partial charge in [-0.25, -0.2) is 0 Å². The summed E-state index contributed by atoms with van der Waals surface area (Å²) in [5.41, 5.74) is 2.34. The van der Waals surface area contributed by atoms with Crippen LogP contribution in [0.4, 0.5) is 5.69 Å². The van der Waals surface area contributed by atoms with E-state index in [0.29, 0.717) is 18.9 Å². The first-order valence-corrected chi connectivity index (χ1v) is 7.16. The summed E-state index contributed by atoms with van der Waals surface area (Å²) in [7, 11) is 4.02. The maximum Gasteiger partial charge on any atom is 0.220 e. The monoisotopic (exact) mass is 278 g/mol. The number of carbonyl (C=O) groups is 1. The molecule has 1 rings (SSSR count). The molecule has 4 nitrogen and oxygen atoms in total. The Kier molecular flexibility index (Phi) is 7.09. The highest BCUT2D eigenvalue weighted by Crippen LogP contribution is 2.13. The molecule has 0 heterocycles. The van der Waals surface area contributed by atoms with Crippen molar-refractivity contribution in [1.29, 1.82) is 0 Å². The molecule has 0 bridgehead atoms. The molecule has 0 radical (unpaired) electrons. The van der Waals surface area contributed by atoms with Gasteiger partial charge in [-0.05, 0) is 36.5 Å². The van der Waals surface area contributed by atoms with Crippen molar-refractivity contribution >= 4 is 11.6 Å². The van der Waals surface area contributed by atoms with Gasteiger partial charge in [-0.1, -0.05) is 19.1 Å². The molecule has 112 valence electrons. The quantitative estimate of drug-likeness (QED) is 0.762.